The summed E-state index contributed by atoms with van der Waals surface area (Å²) >= 11 is 1.52. The molecule has 1 atom stereocenters. The molecule has 2 aromatic rings. The highest BCUT2D eigenvalue weighted by Crippen LogP contribution is 2.22. The fraction of sp³-hybridized carbons (Fsp3) is 0.429. The lowest BCUT2D eigenvalue weighted by atomic mass is 9.93. The molecule has 0 aliphatic carbocycles. The summed E-state index contributed by atoms with van der Waals surface area (Å²) in [6.07, 6.45) is 5.05. The second-order valence-electron chi connectivity index (χ2n) is 5.02. The van der Waals surface area contributed by atoms with Gasteiger partial charge in [0.15, 0.2) is 0 Å². The van der Waals surface area contributed by atoms with Crippen LogP contribution in [0.25, 0.3) is 0 Å². The van der Waals surface area contributed by atoms with Crippen LogP contribution in [-0.2, 0) is 6.42 Å². The number of H-pyrrole nitrogens is 1. The summed E-state index contributed by atoms with van der Waals surface area (Å²) in [6, 6.07) is 5.86. The van der Waals surface area contributed by atoms with E-state index in [4.69, 9.17) is 0 Å². The summed E-state index contributed by atoms with van der Waals surface area (Å²) in [5.41, 5.74) is 1.16. The predicted molar refractivity (Wildman–Crippen MR) is 75.2 cm³/mol. The number of carbonyl (C=O) groups is 1. The zero-order valence-electron chi connectivity index (χ0n) is 10.7. The van der Waals surface area contributed by atoms with Gasteiger partial charge >= 0.3 is 0 Å². The van der Waals surface area contributed by atoms with Crippen LogP contribution in [0, 0.1) is 5.92 Å². The molecule has 0 unspecified atom stereocenters. The minimum atomic E-state index is 0.185. The Bertz CT molecular complexity index is 521. The van der Waals surface area contributed by atoms with E-state index in [0.717, 1.165) is 36.5 Å². The monoisotopic (exact) mass is 275 g/mol. The number of piperidine rings is 1. The number of aromatic amines is 1. The highest BCUT2D eigenvalue weighted by molar-refractivity contribution is 7.12. The van der Waals surface area contributed by atoms with Crippen LogP contribution in [0.4, 0.5) is 0 Å². The van der Waals surface area contributed by atoms with Crippen molar-refractivity contribution in [3.05, 3.63) is 40.3 Å². The van der Waals surface area contributed by atoms with Crippen molar-refractivity contribution in [1.29, 1.82) is 0 Å². The third-order valence-corrected chi connectivity index (χ3v) is 4.46. The Labute approximate surface area is 116 Å². The van der Waals surface area contributed by atoms with Gasteiger partial charge in [0, 0.05) is 25.0 Å². The molecule has 3 rings (SSSR count). The molecular weight excluding hydrogens is 258 g/mol. The lowest BCUT2D eigenvalue weighted by Crippen LogP contribution is -2.40. The molecule has 1 N–H and O–H groups in total. The first-order chi connectivity index (χ1) is 9.33. The Morgan fingerprint density at radius 3 is 3.21 bits per heavy atom. The second-order valence-corrected chi connectivity index (χ2v) is 5.97. The number of hydrogen-bond acceptors (Lipinski definition) is 3. The predicted octanol–water partition coefficient (Wildman–Crippen LogP) is 2.57. The topological polar surface area (TPSA) is 49.0 Å². The van der Waals surface area contributed by atoms with E-state index in [-0.39, 0.29) is 5.91 Å². The zero-order valence-corrected chi connectivity index (χ0v) is 11.5. The average molecular weight is 275 g/mol. The van der Waals surface area contributed by atoms with Gasteiger partial charge in [0.1, 0.15) is 0 Å². The summed E-state index contributed by atoms with van der Waals surface area (Å²) < 4.78 is 0. The van der Waals surface area contributed by atoms with Gasteiger partial charge in [-0.15, -0.1) is 11.3 Å². The van der Waals surface area contributed by atoms with Crippen molar-refractivity contribution in [3.8, 4) is 0 Å². The minimum absolute atomic E-state index is 0.185. The van der Waals surface area contributed by atoms with Crippen LogP contribution in [0.3, 0.4) is 0 Å². The van der Waals surface area contributed by atoms with Crippen LogP contribution < -0.4 is 0 Å². The Hall–Kier alpha value is -1.62. The third-order valence-electron chi connectivity index (χ3n) is 3.61. The molecule has 4 nitrogen and oxygen atoms in total. The number of carbonyl (C=O) groups excluding carboxylic acids is 1. The van der Waals surface area contributed by atoms with Gasteiger partial charge in [-0.25, -0.2) is 0 Å². The van der Waals surface area contributed by atoms with Gasteiger partial charge in [-0.05, 0) is 42.7 Å². The maximum Gasteiger partial charge on any atom is 0.263 e. The minimum Gasteiger partial charge on any atom is -0.338 e. The summed E-state index contributed by atoms with van der Waals surface area (Å²) in [7, 11) is 0. The Morgan fingerprint density at radius 2 is 2.47 bits per heavy atom. The molecule has 1 amide bonds. The molecular formula is C14H17N3OS. The van der Waals surface area contributed by atoms with E-state index >= 15 is 0 Å². The number of nitrogens with one attached hydrogen (secondary N) is 1. The van der Waals surface area contributed by atoms with E-state index in [1.807, 2.05) is 28.5 Å². The molecule has 0 spiro atoms. The molecule has 1 fully saturated rings. The SMILES string of the molecule is O=C(c1cccs1)N1CCC[C@H](Cc2ccn[nH]2)C1. The molecule has 3 heterocycles. The average Bonchev–Trinajstić information content (AvgIpc) is 3.11. The number of rotatable bonds is 3. The number of hydrogen-bond donors (Lipinski definition) is 1. The first-order valence-corrected chi connectivity index (χ1v) is 7.52. The Balaban J connectivity index is 1.63. The van der Waals surface area contributed by atoms with Crippen molar-refractivity contribution in [2.24, 2.45) is 5.92 Å². The molecule has 0 bridgehead atoms. The van der Waals surface area contributed by atoms with Gasteiger partial charge in [-0.3, -0.25) is 9.89 Å². The zero-order chi connectivity index (χ0) is 13.1. The van der Waals surface area contributed by atoms with Crippen LogP contribution in [-0.4, -0.2) is 34.1 Å². The fourth-order valence-corrected chi connectivity index (χ4v) is 3.37. The first kappa shape index (κ1) is 12.4. The molecule has 2 aromatic heterocycles. The van der Waals surface area contributed by atoms with Crippen LogP contribution in [0.15, 0.2) is 29.8 Å². The van der Waals surface area contributed by atoms with Gasteiger partial charge in [0.2, 0.25) is 0 Å². The number of thiophene rings is 1. The molecule has 0 aromatic carbocycles. The summed E-state index contributed by atoms with van der Waals surface area (Å²) in [4.78, 5) is 15.2. The molecule has 100 valence electrons. The van der Waals surface area contributed by atoms with Crippen molar-refractivity contribution >= 4 is 17.2 Å². The van der Waals surface area contributed by atoms with Crippen LogP contribution >= 0.6 is 11.3 Å². The quantitative estimate of drug-likeness (QED) is 0.936. The second kappa shape index (κ2) is 5.57. The normalized spacial score (nSPS) is 19.6. The Kier molecular flexibility index (Phi) is 3.64. The molecule has 0 saturated carbocycles. The van der Waals surface area contributed by atoms with Gasteiger partial charge in [0.05, 0.1) is 4.88 Å². The van der Waals surface area contributed by atoms with Gasteiger partial charge in [-0.2, -0.15) is 5.10 Å². The van der Waals surface area contributed by atoms with Crippen molar-refractivity contribution < 1.29 is 4.79 Å². The molecule has 1 saturated heterocycles. The summed E-state index contributed by atoms with van der Waals surface area (Å²) in [5, 5.41) is 8.94. The highest BCUT2D eigenvalue weighted by atomic mass is 32.1. The number of aromatic nitrogens is 2. The van der Waals surface area contributed by atoms with E-state index in [0.29, 0.717) is 5.92 Å². The fourth-order valence-electron chi connectivity index (χ4n) is 2.68. The molecule has 1 aliphatic rings. The van der Waals surface area contributed by atoms with E-state index in [1.165, 1.54) is 17.8 Å². The van der Waals surface area contributed by atoms with Gasteiger partial charge in [0.25, 0.3) is 5.91 Å². The van der Waals surface area contributed by atoms with Crippen LogP contribution in [0.2, 0.25) is 0 Å². The van der Waals surface area contributed by atoms with Gasteiger partial charge in [-0.1, -0.05) is 6.07 Å². The van der Waals surface area contributed by atoms with E-state index in [9.17, 15) is 4.79 Å². The lowest BCUT2D eigenvalue weighted by molar-refractivity contribution is 0.0677. The summed E-state index contributed by atoms with van der Waals surface area (Å²) in [6.45, 7) is 1.74. The smallest absolute Gasteiger partial charge is 0.263 e. The number of amides is 1. The maximum absolute atomic E-state index is 12.3. The van der Waals surface area contributed by atoms with Crippen molar-refractivity contribution in [3.63, 3.8) is 0 Å². The van der Waals surface area contributed by atoms with Crippen LogP contribution in [0.1, 0.15) is 28.2 Å². The third kappa shape index (κ3) is 2.87. The van der Waals surface area contributed by atoms with E-state index in [1.54, 1.807) is 6.20 Å². The Morgan fingerprint density at radius 1 is 1.53 bits per heavy atom. The molecule has 1 aliphatic heterocycles. The van der Waals surface area contributed by atoms with E-state index < -0.39 is 0 Å². The van der Waals surface area contributed by atoms with Crippen LogP contribution in [0.5, 0.6) is 0 Å². The first-order valence-electron chi connectivity index (χ1n) is 6.64. The molecule has 5 heteroatoms. The summed E-state index contributed by atoms with van der Waals surface area (Å²) in [5.74, 6) is 0.724. The van der Waals surface area contributed by atoms with Gasteiger partial charge < -0.3 is 4.90 Å². The van der Waals surface area contributed by atoms with Crippen molar-refractivity contribution in [2.45, 2.75) is 19.3 Å². The highest BCUT2D eigenvalue weighted by Gasteiger charge is 2.25. The standard InChI is InChI=1S/C14H17N3OS/c18-14(13-4-2-8-19-13)17-7-1-3-11(10-17)9-12-5-6-15-16-12/h2,4-6,8,11H,1,3,7,9-10H2,(H,15,16)/t11-/m1/s1. The number of likely N-dealkylation sites (tertiary alicyclic amines) is 1. The van der Waals surface area contributed by atoms with Crippen molar-refractivity contribution in [2.75, 3.05) is 13.1 Å². The largest absolute Gasteiger partial charge is 0.338 e. The molecule has 0 radical (unpaired) electrons. The number of nitrogens with zero attached hydrogens (tertiary/aromatic N) is 2. The lowest BCUT2D eigenvalue weighted by Gasteiger charge is -2.32. The maximum atomic E-state index is 12.3. The van der Waals surface area contributed by atoms with Crippen molar-refractivity contribution in [1.82, 2.24) is 15.1 Å². The molecule has 19 heavy (non-hydrogen) atoms. The van der Waals surface area contributed by atoms with E-state index in [2.05, 4.69) is 10.2 Å².